The van der Waals surface area contributed by atoms with E-state index in [1.165, 1.54) is 11.3 Å². The number of carbonyl (C=O) groups excluding carboxylic acids is 1. The number of hydrogen-bond acceptors (Lipinski definition) is 4. The Balaban J connectivity index is 2.12. The van der Waals surface area contributed by atoms with Crippen molar-refractivity contribution in [1.29, 1.82) is 5.26 Å². The SMILES string of the molecule is N#Cc1ccc(C(=O)Nc2cccnc2)s1. The van der Waals surface area contributed by atoms with Crippen LogP contribution in [0.4, 0.5) is 5.69 Å². The van der Waals surface area contributed by atoms with Crippen LogP contribution in [0.25, 0.3) is 0 Å². The van der Waals surface area contributed by atoms with Crippen molar-refractivity contribution in [2.24, 2.45) is 0 Å². The molecule has 4 nitrogen and oxygen atoms in total. The number of nitriles is 1. The number of amides is 1. The second-order valence-electron chi connectivity index (χ2n) is 2.97. The van der Waals surface area contributed by atoms with Crippen molar-refractivity contribution in [3.8, 4) is 6.07 Å². The van der Waals surface area contributed by atoms with Crippen LogP contribution < -0.4 is 5.32 Å². The van der Waals surface area contributed by atoms with Crippen LogP contribution in [-0.4, -0.2) is 10.9 Å². The zero-order valence-corrected chi connectivity index (χ0v) is 8.99. The van der Waals surface area contributed by atoms with Crippen molar-refractivity contribution in [3.05, 3.63) is 46.4 Å². The lowest BCUT2D eigenvalue weighted by atomic mass is 10.4. The molecule has 0 spiro atoms. The number of carbonyl (C=O) groups is 1. The first-order valence-corrected chi connectivity index (χ1v) is 5.32. The first kappa shape index (κ1) is 10.3. The average Bonchev–Trinajstić information content (AvgIpc) is 2.79. The maximum Gasteiger partial charge on any atom is 0.265 e. The lowest BCUT2D eigenvalue weighted by Gasteiger charge is -2.01. The highest BCUT2D eigenvalue weighted by Crippen LogP contribution is 2.16. The molecule has 16 heavy (non-hydrogen) atoms. The quantitative estimate of drug-likeness (QED) is 0.859. The molecule has 0 unspecified atom stereocenters. The van der Waals surface area contributed by atoms with E-state index in [0.29, 0.717) is 15.4 Å². The van der Waals surface area contributed by atoms with Gasteiger partial charge in [-0.15, -0.1) is 11.3 Å². The number of nitrogens with one attached hydrogen (secondary N) is 1. The van der Waals surface area contributed by atoms with E-state index in [0.717, 1.165) is 0 Å². The van der Waals surface area contributed by atoms with Gasteiger partial charge in [-0.25, -0.2) is 0 Å². The number of anilines is 1. The molecule has 78 valence electrons. The van der Waals surface area contributed by atoms with Crippen molar-refractivity contribution in [1.82, 2.24) is 4.98 Å². The van der Waals surface area contributed by atoms with Gasteiger partial charge in [-0.2, -0.15) is 5.26 Å². The van der Waals surface area contributed by atoms with Crippen molar-refractivity contribution < 1.29 is 4.79 Å². The molecule has 0 bridgehead atoms. The molecule has 5 heteroatoms. The van der Waals surface area contributed by atoms with Gasteiger partial charge in [-0.1, -0.05) is 0 Å². The van der Waals surface area contributed by atoms with Gasteiger partial charge in [0.2, 0.25) is 0 Å². The summed E-state index contributed by atoms with van der Waals surface area (Å²) in [5.74, 6) is -0.223. The molecule has 0 aliphatic heterocycles. The topological polar surface area (TPSA) is 65.8 Å². The Morgan fingerprint density at radius 1 is 1.44 bits per heavy atom. The van der Waals surface area contributed by atoms with E-state index in [9.17, 15) is 4.79 Å². The van der Waals surface area contributed by atoms with Gasteiger partial charge in [-0.05, 0) is 24.3 Å². The third-order valence-electron chi connectivity index (χ3n) is 1.86. The predicted molar refractivity (Wildman–Crippen MR) is 61.2 cm³/mol. The Labute approximate surface area is 96.2 Å². The van der Waals surface area contributed by atoms with Gasteiger partial charge in [0.05, 0.1) is 16.8 Å². The van der Waals surface area contributed by atoms with Gasteiger partial charge < -0.3 is 5.32 Å². The van der Waals surface area contributed by atoms with Crippen LogP contribution >= 0.6 is 11.3 Å². The molecular weight excluding hydrogens is 222 g/mol. The Morgan fingerprint density at radius 2 is 2.31 bits per heavy atom. The monoisotopic (exact) mass is 229 g/mol. The van der Waals surface area contributed by atoms with Crippen LogP contribution in [0.1, 0.15) is 14.5 Å². The van der Waals surface area contributed by atoms with E-state index in [4.69, 9.17) is 5.26 Å². The third kappa shape index (κ3) is 2.24. The standard InChI is InChI=1S/C11H7N3OS/c12-6-9-3-4-10(16-9)11(15)14-8-2-1-5-13-7-8/h1-5,7H,(H,14,15). The molecule has 2 aromatic rings. The Hall–Kier alpha value is -2.19. The van der Waals surface area contributed by atoms with E-state index in [1.807, 2.05) is 6.07 Å². The molecule has 0 radical (unpaired) electrons. The number of thiophene rings is 1. The summed E-state index contributed by atoms with van der Waals surface area (Å²) in [6, 6.07) is 8.75. The highest BCUT2D eigenvalue weighted by Gasteiger charge is 2.08. The molecule has 0 aliphatic carbocycles. The van der Waals surface area contributed by atoms with Crippen LogP contribution in [0.3, 0.4) is 0 Å². The number of rotatable bonds is 2. The van der Waals surface area contributed by atoms with E-state index in [-0.39, 0.29) is 5.91 Å². The molecule has 1 N–H and O–H groups in total. The van der Waals surface area contributed by atoms with Crippen LogP contribution in [0.5, 0.6) is 0 Å². The van der Waals surface area contributed by atoms with Crippen LogP contribution in [0.2, 0.25) is 0 Å². The van der Waals surface area contributed by atoms with Gasteiger partial charge in [-0.3, -0.25) is 9.78 Å². The zero-order valence-electron chi connectivity index (χ0n) is 8.18. The van der Waals surface area contributed by atoms with E-state index in [2.05, 4.69) is 10.3 Å². The largest absolute Gasteiger partial charge is 0.320 e. The molecule has 1 amide bonds. The zero-order chi connectivity index (χ0) is 11.4. The van der Waals surface area contributed by atoms with Crippen molar-refractivity contribution in [2.45, 2.75) is 0 Å². The van der Waals surface area contributed by atoms with Crippen LogP contribution in [-0.2, 0) is 0 Å². The first-order chi connectivity index (χ1) is 7.79. The summed E-state index contributed by atoms with van der Waals surface area (Å²) < 4.78 is 0. The minimum Gasteiger partial charge on any atom is -0.320 e. The summed E-state index contributed by atoms with van der Waals surface area (Å²) in [7, 11) is 0. The minimum atomic E-state index is -0.223. The summed E-state index contributed by atoms with van der Waals surface area (Å²) in [6.07, 6.45) is 3.20. The number of aromatic nitrogens is 1. The molecule has 2 rings (SSSR count). The van der Waals surface area contributed by atoms with Crippen molar-refractivity contribution in [3.63, 3.8) is 0 Å². The highest BCUT2D eigenvalue weighted by atomic mass is 32.1. The molecular formula is C11H7N3OS. The van der Waals surface area contributed by atoms with Gasteiger partial charge in [0.1, 0.15) is 10.9 Å². The molecule has 0 atom stereocenters. The number of pyridine rings is 1. The predicted octanol–water partition coefficient (Wildman–Crippen LogP) is 2.27. The van der Waals surface area contributed by atoms with Gasteiger partial charge in [0, 0.05) is 6.20 Å². The summed E-state index contributed by atoms with van der Waals surface area (Å²) in [4.78, 5) is 16.6. The summed E-state index contributed by atoms with van der Waals surface area (Å²) in [5, 5.41) is 11.3. The Bertz CT molecular complexity index is 542. The molecule has 2 aromatic heterocycles. The average molecular weight is 229 g/mol. The van der Waals surface area contributed by atoms with Crippen molar-refractivity contribution >= 4 is 22.9 Å². The lowest BCUT2D eigenvalue weighted by molar-refractivity contribution is 0.103. The maximum absolute atomic E-state index is 11.7. The molecule has 0 fully saturated rings. The van der Waals surface area contributed by atoms with Crippen molar-refractivity contribution in [2.75, 3.05) is 5.32 Å². The lowest BCUT2D eigenvalue weighted by Crippen LogP contribution is -2.09. The second-order valence-corrected chi connectivity index (χ2v) is 4.06. The summed E-state index contributed by atoms with van der Waals surface area (Å²) >= 11 is 1.17. The number of hydrogen-bond donors (Lipinski definition) is 1. The Morgan fingerprint density at radius 3 is 2.94 bits per heavy atom. The fraction of sp³-hybridized carbons (Fsp3) is 0. The highest BCUT2D eigenvalue weighted by molar-refractivity contribution is 7.14. The summed E-state index contributed by atoms with van der Waals surface area (Å²) in [6.45, 7) is 0. The van der Waals surface area contributed by atoms with E-state index >= 15 is 0 Å². The van der Waals surface area contributed by atoms with Gasteiger partial charge >= 0.3 is 0 Å². The Kier molecular flexibility index (Phi) is 2.94. The fourth-order valence-electron chi connectivity index (χ4n) is 1.15. The minimum absolute atomic E-state index is 0.223. The van der Waals surface area contributed by atoms with E-state index in [1.54, 1.807) is 36.7 Å². The molecule has 0 saturated heterocycles. The molecule has 0 aromatic carbocycles. The molecule has 0 aliphatic rings. The first-order valence-electron chi connectivity index (χ1n) is 4.51. The molecule has 2 heterocycles. The van der Waals surface area contributed by atoms with E-state index < -0.39 is 0 Å². The van der Waals surface area contributed by atoms with Gasteiger partial charge in [0.25, 0.3) is 5.91 Å². The maximum atomic E-state index is 11.7. The normalized spacial score (nSPS) is 9.44. The van der Waals surface area contributed by atoms with Crippen LogP contribution in [0.15, 0.2) is 36.7 Å². The summed E-state index contributed by atoms with van der Waals surface area (Å²) in [5.41, 5.74) is 0.638. The number of nitrogens with zero attached hydrogens (tertiary/aromatic N) is 2. The van der Waals surface area contributed by atoms with Crippen LogP contribution in [0, 0.1) is 11.3 Å². The fourth-order valence-corrected chi connectivity index (χ4v) is 1.85. The molecule has 0 saturated carbocycles. The van der Waals surface area contributed by atoms with Gasteiger partial charge in [0.15, 0.2) is 0 Å². The third-order valence-corrected chi connectivity index (χ3v) is 2.85. The second kappa shape index (κ2) is 4.55. The smallest absolute Gasteiger partial charge is 0.265 e.